The molecule has 0 aliphatic heterocycles. The standard InChI is InChI=1S/C11H8F2INO3/c12-7-1-4(2-8(13)9(7)14)15-10(16)5-3-6(5)11(17)18/h1-2,5-6H,3H2,(H,15,16)(H,17,18). The van der Waals surface area contributed by atoms with Crippen LogP contribution in [-0.4, -0.2) is 17.0 Å². The number of aliphatic carboxylic acids is 1. The molecule has 0 aromatic heterocycles. The molecule has 1 aliphatic rings. The monoisotopic (exact) mass is 367 g/mol. The Bertz CT molecular complexity index is 512. The SMILES string of the molecule is O=C(O)C1CC1C(=O)Nc1cc(F)c(I)c(F)c1. The predicted octanol–water partition coefficient (Wildman–Crippen LogP) is 2.23. The van der Waals surface area contributed by atoms with Crippen molar-refractivity contribution >= 4 is 40.2 Å². The van der Waals surface area contributed by atoms with E-state index in [0.717, 1.165) is 12.1 Å². The molecular weight excluding hydrogens is 359 g/mol. The molecule has 1 aromatic rings. The van der Waals surface area contributed by atoms with E-state index in [0.29, 0.717) is 0 Å². The van der Waals surface area contributed by atoms with Gasteiger partial charge in [0.1, 0.15) is 11.6 Å². The van der Waals surface area contributed by atoms with Gasteiger partial charge < -0.3 is 10.4 Å². The number of carboxylic acid groups (broad SMARTS) is 1. The number of benzene rings is 1. The van der Waals surface area contributed by atoms with Crippen LogP contribution in [0.25, 0.3) is 0 Å². The van der Waals surface area contributed by atoms with Crippen LogP contribution >= 0.6 is 22.6 Å². The van der Waals surface area contributed by atoms with Gasteiger partial charge in [-0.1, -0.05) is 0 Å². The number of carbonyl (C=O) groups is 2. The van der Waals surface area contributed by atoms with Gasteiger partial charge in [0.25, 0.3) is 0 Å². The molecule has 1 amide bonds. The summed E-state index contributed by atoms with van der Waals surface area (Å²) in [6.07, 6.45) is 0.260. The molecule has 1 aromatic carbocycles. The largest absolute Gasteiger partial charge is 0.481 e. The molecule has 96 valence electrons. The van der Waals surface area contributed by atoms with Crippen LogP contribution in [0.3, 0.4) is 0 Å². The summed E-state index contributed by atoms with van der Waals surface area (Å²) >= 11 is 1.52. The van der Waals surface area contributed by atoms with E-state index < -0.39 is 35.3 Å². The van der Waals surface area contributed by atoms with E-state index in [4.69, 9.17) is 5.11 Å². The van der Waals surface area contributed by atoms with Gasteiger partial charge in [-0.3, -0.25) is 9.59 Å². The van der Waals surface area contributed by atoms with Crippen LogP contribution in [0.1, 0.15) is 6.42 Å². The van der Waals surface area contributed by atoms with Crippen LogP contribution < -0.4 is 5.32 Å². The van der Waals surface area contributed by atoms with E-state index in [2.05, 4.69) is 5.32 Å². The number of amides is 1. The lowest BCUT2D eigenvalue weighted by Crippen LogP contribution is -2.17. The van der Waals surface area contributed by atoms with Gasteiger partial charge in [0.2, 0.25) is 5.91 Å². The van der Waals surface area contributed by atoms with Gasteiger partial charge in [0.05, 0.1) is 15.4 Å². The van der Waals surface area contributed by atoms with E-state index in [1.807, 2.05) is 0 Å². The zero-order valence-electron chi connectivity index (χ0n) is 8.91. The third kappa shape index (κ3) is 2.60. The summed E-state index contributed by atoms with van der Waals surface area (Å²) < 4.78 is 26.3. The molecule has 0 spiro atoms. The molecule has 0 radical (unpaired) electrons. The van der Waals surface area contributed by atoms with Crippen molar-refractivity contribution in [1.29, 1.82) is 0 Å². The lowest BCUT2D eigenvalue weighted by molar-refractivity contribution is -0.139. The fourth-order valence-corrected chi connectivity index (χ4v) is 1.93. The number of carboxylic acids is 1. The van der Waals surface area contributed by atoms with Crippen LogP contribution in [0.5, 0.6) is 0 Å². The fourth-order valence-electron chi connectivity index (χ4n) is 1.62. The minimum absolute atomic E-state index is 0.00791. The molecule has 1 saturated carbocycles. The van der Waals surface area contributed by atoms with Crippen LogP contribution in [0.15, 0.2) is 12.1 Å². The Morgan fingerprint density at radius 2 is 1.83 bits per heavy atom. The molecule has 18 heavy (non-hydrogen) atoms. The molecule has 2 atom stereocenters. The van der Waals surface area contributed by atoms with Crippen LogP contribution in [0.4, 0.5) is 14.5 Å². The minimum Gasteiger partial charge on any atom is -0.481 e. The number of halogens is 3. The third-order valence-electron chi connectivity index (χ3n) is 2.70. The van der Waals surface area contributed by atoms with Gasteiger partial charge in [-0.05, 0) is 41.1 Å². The molecule has 2 N–H and O–H groups in total. The summed E-state index contributed by atoms with van der Waals surface area (Å²) in [5.74, 6) is -4.40. The van der Waals surface area contributed by atoms with Gasteiger partial charge in [-0.25, -0.2) is 8.78 Å². The normalized spacial score (nSPS) is 21.5. The molecule has 4 nitrogen and oxygen atoms in total. The number of anilines is 1. The average Bonchev–Trinajstić information content (AvgIpc) is 3.05. The number of hydrogen-bond donors (Lipinski definition) is 2. The molecule has 1 aliphatic carbocycles. The van der Waals surface area contributed by atoms with Crippen molar-refractivity contribution in [2.45, 2.75) is 6.42 Å². The molecule has 2 rings (SSSR count). The predicted molar refractivity (Wildman–Crippen MR) is 66.9 cm³/mol. The molecule has 2 unspecified atom stereocenters. The van der Waals surface area contributed by atoms with Gasteiger partial charge >= 0.3 is 5.97 Å². The van der Waals surface area contributed by atoms with E-state index in [-0.39, 0.29) is 15.7 Å². The Balaban J connectivity index is 2.07. The van der Waals surface area contributed by atoms with Gasteiger partial charge in [-0.15, -0.1) is 0 Å². The second-order valence-corrected chi connectivity index (χ2v) is 5.11. The summed E-state index contributed by atoms with van der Waals surface area (Å²) in [5, 5.41) is 11.0. The van der Waals surface area contributed by atoms with E-state index in [1.165, 1.54) is 22.6 Å². The topological polar surface area (TPSA) is 66.4 Å². The minimum atomic E-state index is -1.03. The zero-order chi connectivity index (χ0) is 13.4. The Morgan fingerprint density at radius 1 is 1.28 bits per heavy atom. The van der Waals surface area contributed by atoms with Crippen molar-refractivity contribution in [1.82, 2.24) is 0 Å². The molecule has 7 heteroatoms. The Kier molecular flexibility index (Phi) is 3.51. The Labute approximate surface area is 115 Å². The average molecular weight is 367 g/mol. The smallest absolute Gasteiger partial charge is 0.307 e. The first-order valence-corrected chi connectivity index (χ1v) is 6.16. The van der Waals surface area contributed by atoms with Crippen molar-refractivity contribution in [3.05, 3.63) is 27.3 Å². The molecule has 0 bridgehead atoms. The second kappa shape index (κ2) is 4.79. The number of rotatable bonds is 3. The maximum atomic E-state index is 13.2. The third-order valence-corrected chi connectivity index (χ3v) is 3.73. The second-order valence-electron chi connectivity index (χ2n) is 4.03. The Hall–Kier alpha value is -1.25. The van der Waals surface area contributed by atoms with E-state index in [9.17, 15) is 18.4 Å². The highest BCUT2D eigenvalue weighted by atomic mass is 127. The molecular formula is C11H8F2INO3. The summed E-state index contributed by atoms with van der Waals surface area (Å²) in [6.45, 7) is 0. The quantitative estimate of drug-likeness (QED) is 0.636. The van der Waals surface area contributed by atoms with Crippen LogP contribution in [0, 0.1) is 27.0 Å². The molecule has 1 fully saturated rings. The van der Waals surface area contributed by atoms with Gasteiger partial charge in [0, 0.05) is 5.69 Å². The highest BCUT2D eigenvalue weighted by molar-refractivity contribution is 14.1. The van der Waals surface area contributed by atoms with Crippen molar-refractivity contribution in [2.24, 2.45) is 11.8 Å². The van der Waals surface area contributed by atoms with Crippen molar-refractivity contribution in [3.63, 3.8) is 0 Å². The number of carbonyl (C=O) groups excluding carboxylic acids is 1. The maximum Gasteiger partial charge on any atom is 0.307 e. The number of hydrogen-bond acceptors (Lipinski definition) is 2. The highest BCUT2D eigenvalue weighted by Crippen LogP contribution is 2.39. The van der Waals surface area contributed by atoms with E-state index in [1.54, 1.807) is 0 Å². The summed E-state index contributed by atoms with van der Waals surface area (Å²) in [4.78, 5) is 22.2. The lowest BCUT2D eigenvalue weighted by Gasteiger charge is -2.06. The molecule has 0 heterocycles. The highest BCUT2D eigenvalue weighted by Gasteiger charge is 2.48. The number of nitrogens with one attached hydrogen (secondary N) is 1. The van der Waals surface area contributed by atoms with Gasteiger partial charge in [0.15, 0.2) is 0 Å². The van der Waals surface area contributed by atoms with Crippen LogP contribution in [0.2, 0.25) is 0 Å². The fraction of sp³-hybridized carbons (Fsp3) is 0.273. The first kappa shape index (κ1) is 13.2. The Morgan fingerprint density at radius 3 is 2.28 bits per heavy atom. The van der Waals surface area contributed by atoms with Gasteiger partial charge in [-0.2, -0.15) is 0 Å². The maximum absolute atomic E-state index is 13.2. The first-order valence-electron chi connectivity index (χ1n) is 5.08. The summed E-state index contributed by atoms with van der Waals surface area (Å²) in [7, 11) is 0. The zero-order valence-corrected chi connectivity index (χ0v) is 11.1. The van der Waals surface area contributed by atoms with Crippen molar-refractivity contribution < 1.29 is 23.5 Å². The summed E-state index contributed by atoms with van der Waals surface area (Å²) in [6, 6.07) is 2.00. The van der Waals surface area contributed by atoms with Crippen LogP contribution in [-0.2, 0) is 9.59 Å². The van der Waals surface area contributed by atoms with Crippen molar-refractivity contribution in [3.8, 4) is 0 Å². The van der Waals surface area contributed by atoms with Crippen molar-refractivity contribution in [2.75, 3.05) is 5.32 Å². The summed E-state index contributed by atoms with van der Waals surface area (Å²) in [5.41, 5.74) is -0.00791. The van der Waals surface area contributed by atoms with E-state index >= 15 is 0 Å². The first-order chi connectivity index (χ1) is 8.40. The molecule has 0 saturated heterocycles. The lowest BCUT2D eigenvalue weighted by atomic mass is 10.2.